The van der Waals surface area contributed by atoms with Gasteiger partial charge >= 0.3 is 23.1 Å². The Morgan fingerprint density at radius 2 is 1.29 bits per heavy atom. The summed E-state index contributed by atoms with van der Waals surface area (Å²) in [5.41, 5.74) is 0. The van der Waals surface area contributed by atoms with E-state index < -0.39 is 36.0 Å². The van der Waals surface area contributed by atoms with Crippen LogP contribution in [-0.2, 0) is 0 Å². The van der Waals surface area contributed by atoms with Crippen LogP contribution in [0.15, 0.2) is 0 Å². The lowest BCUT2D eigenvalue weighted by molar-refractivity contribution is -0.129. The van der Waals surface area contributed by atoms with Gasteiger partial charge in [-0.15, -0.1) is 0 Å². The van der Waals surface area contributed by atoms with Crippen molar-refractivity contribution < 1.29 is 30.6 Å². The maximum atomic E-state index is 9.15. The van der Waals surface area contributed by atoms with Crippen molar-refractivity contribution >= 4 is 39.3 Å². The molecule has 0 radical (unpaired) electrons. The first-order valence-corrected chi connectivity index (χ1v) is 5.08. The fraction of sp³-hybridized carbons (Fsp3) is 1.00. The van der Waals surface area contributed by atoms with Crippen LogP contribution in [-0.4, -0.2) is 106 Å². The first-order chi connectivity index (χ1) is 5.91. The molecule has 8 heteroatoms. The molecule has 0 aliphatic heterocycles. The molecule has 6 N–H and O–H groups in total. The standard InChI is InChI=1S/C6H13O6.Al.Mg.4H/c7-1-3(9)5(11)6(12)4(10)2-8;;;;;;/h1,3-12H,2H2;;;;;;/t3-,4+,5+,6+;;;;;;/m0....../s1. The molecule has 0 aromatic rings. The molecule has 0 aliphatic rings. The van der Waals surface area contributed by atoms with E-state index >= 15 is 0 Å². The molecule has 0 aromatic heterocycles. The molecule has 0 heterocycles. The average Bonchev–Trinajstić information content (AvgIpc) is 2.12. The van der Waals surface area contributed by atoms with Crippen LogP contribution in [0.2, 0.25) is 0 Å². The van der Waals surface area contributed by atoms with Crippen molar-refractivity contribution in [1.29, 1.82) is 0 Å². The maximum absolute atomic E-state index is 9.15. The molecule has 0 aromatic carbocycles. The van der Waals surface area contributed by atoms with Crippen molar-refractivity contribution in [2.45, 2.75) is 29.4 Å². The van der Waals surface area contributed by atoms with Crippen LogP contribution in [0.3, 0.4) is 0 Å². The first-order valence-electron chi connectivity index (χ1n) is 3.93. The molecular formula is C6H17AlMgO6. The first kappa shape index (κ1) is 17.5. The zero-order chi connectivity index (χ0) is 10.6. The van der Waals surface area contributed by atoms with Crippen molar-refractivity contribution in [3.8, 4) is 0 Å². The van der Waals surface area contributed by atoms with Crippen molar-refractivity contribution in [3.05, 3.63) is 0 Å². The topological polar surface area (TPSA) is 121 Å². The van der Waals surface area contributed by atoms with Crippen LogP contribution in [0.5, 0.6) is 0 Å². The van der Waals surface area contributed by atoms with E-state index in [-0.39, 0.29) is 39.3 Å². The highest BCUT2D eigenvalue weighted by Crippen LogP contribution is 2.06. The van der Waals surface area contributed by atoms with Crippen molar-refractivity contribution in [1.82, 2.24) is 0 Å². The lowest BCUT2D eigenvalue weighted by Crippen LogP contribution is -2.50. The summed E-state index contributed by atoms with van der Waals surface area (Å²) >= 11 is 0.234. The Bertz CT molecular complexity index is 148. The van der Waals surface area contributed by atoms with Crippen molar-refractivity contribution in [2.75, 3.05) is 6.61 Å². The van der Waals surface area contributed by atoms with E-state index in [2.05, 4.69) is 0 Å². The van der Waals surface area contributed by atoms with E-state index in [0.29, 0.717) is 0 Å². The molecular weight excluding hydrogens is 219 g/mol. The number of hydrogen-bond donors (Lipinski definition) is 6. The Kier molecular flexibility index (Phi) is 10.3. The smallest absolute Gasteiger partial charge is 0.316 e. The summed E-state index contributed by atoms with van der Waals surface area (Å²) in [6.07, 6.45) is -6.34. The summed E-state index contributed by atoms with van der Waals surface area (Å²) < 4.78 is 0. The predicted octanol–water partition coefficient (Wildman–Crippen LogP) is -5.54. The van der Waals surface area contributed by atoms with E-state index in [1.165, 1.54) is 0 Å². The molecule has 5 atom stereocenters. The Hall–Kier alpha value is 1.06. The highest BCUT2D eigenvalue weighted by molar-refractivity contribution is 6.11. The molecule has 0 spiro atoms. The third-order valence-corrected chi connectivity index (χ3v) is 2.46. The lowest BCUT2D eigenvalue weighted by atomic mass is 10.0. The molecule has 0 rings (SSSR count). The SMILES string of the molecule is OC[C@@H](O)[C@@H](O)[C@H](O)[C@@H](O)[CH](O)[AlH2].[MgH2]. The van der Waals surface area contributed by atoms with Gasteiger partial charge in [-0.25, -0.2) is 0 Å². The summed E-state index contributed by atoms with van der Waals surface area (Å²) in [6.45, 7) is -0.720. The van der Waals surface area contributed by atoms with Crippen LogP contribution in [0.25, 0.3) is 0 Å². The molecule has 0 amide bonds. The molecule has 0 aliphatic carbocycles. The molecule has 1 unspecified atom stereocenters. The third kappa shape index (κ3) is 5.23. The van der Waals surface area contributed by atoms with E-state index in [1.54, 1.807) is 0 Å². The molecule has 6 nitrogen and oxygen atoms in total. The third-order valence-electron chi connectivity index (χ3n) is 1.78. The van der Waals surface area contributed by atoms with Crippen LogP contribution >= 0.6 is 0 Å². The second-order valence-electron chi connectivity index (χ2n) is 2.96. The van der Waals surface area contributed by atoms with Gasteiger partial charge in [-0.2, -0.15) is 0 Å². The largest absolute Gasteiger partial charge is 0.406 e. The Labute approximate surface area is 106 Å². The summed E-state index contributed by atoms with van der Waals surface area (Å²) in [7, 11) is 0. The summed E-state index contributed by atoms with van der Waals surface area (Å²) in [5.74, 6) is 0. The van der Waals surface area contributed by atoms with Gasteiger partial charge in [0.05, 0.1) is 12.7 Å². The summed E-state index contributed by atoms with van der Waals surface area (Å²) in [4.78, 5) is -1.09. The molecule has 0 saturated carbocycles. The summed E-state index contributed by atoms with van der Waals surface area (Å²) in [5, 5.41) is 53.5. The number of aliphatic hydroxyl groups is 6. The van der Waals surface area contributed by atoms with E-state index in [0.717, 1.165) is 0 Å². The predicted molar refractivity (Wildman–Crippen MR) is 54.2 cm³/mol. The fourth-order valence-corrected chi connectivity index (χ4v) is 1.22. The van der Waals surface area contributed by atoms with Crippen molar-refractivity contribution in [2.24, 2.45) is 0 Å². The minimum absolute atomic E-state index is 0. The van der Waals surface area contributed by atoms with Crippen LogP contribution < -0.4 is 0 Å². The quantitative estimate of drug-likeness (QED) is 0.265. The second-order valence-corrected chi connectivity index (χ2v) is 4.15. The van der Waals surface area contributed by atoms with Crippen LogP contribution in [0, 0.1) is 0 Å². The molecule has 0 bridgehead atoms. The molecule has 14 heavy (non-hydrogen) atoms. The zero-order valence-electron chi connectivity index (χ0n) is 7.28. The van der Waals surface area contributed by atoms with Gasteiger partial charge in [-0.3, -0.25) is 0 Å². The molecule has 0 saturated heterocycles. The zero-order valence-corrected chi connectivity index (χ0v) is 9.28. The Morgan fingerprint density at radius 3 is 1.57 bits per heavy atom. The van der Waals surface area contributed by atoms with Gasteiger partial charge in [0.2, 0.25) is 0 Å². The molecule has 0 fully saturated rings. The van der Waals surface area contributed by atoms with Gasteiger partial charge in [0, 0.05) is 4.97 Å². The lowest BCUT2D eigenvalue weighted by Gasteiger charge is -2.27. The van der Waals surface area contributed by atoms with Gasteiger partial charge in [-0.1, -0.05) is 0 Å². The Balaban J connectivity index is 0. The average molecular weight is 236 g/mol. The van der Waals surface area contributed by atoms with Crippen molar-refractivity contribution in [3.63, 3.8) is 0 Å². The molecule has 82 valence electrons. The van der Waals surface area contributed by atoms with Gasteiger partial charge in [-0.05, 0) is 0 Å². The van der Waals surface area contributed by atoms with Crippen LogP contribution in [0.4, 0.5) is 0 Å². The van der Waals surface area contributed by atoms with Gasteiger partial charge in [0.25, 0.3) is 16.3 Å². The van der Waals surface area contributed by atoms with E-state index in [4.69, 9.17) is 30.6 Å². The number of aliphatic hydroxyl groups excluding tert-OH is 6. The maximum Gasteiger partial charge on any atom is 0.316 e. The monoisotopic (exact) mass is 236 g/mol. The fourth-order valence-electron chi connectivity index (χ4n) is 0.823. The van der Waals surface area contributed by atoms with E-state index in [9.17, 15) is 0 Å². The van der Waals surface area contributed by atoms with E-state index in [1.807, 2.05) is 0 Å². The van der Waals surface area contributed by atoms with Gasteiger partial charge in [0.15, 0.2) is 0 Å². The second kappa shape index (κ2) is 8.24. The number of rotatable bonds is 5. The van der Waals surface area contributed by atoms with Gasteiger partial charge < -0.3 is 30.6 Å². The minimum atomic E-state index is -1.66. The number of hydrogen-bond acceptors (Lipinski definition) is 6. The highest BCUT2D eigenvalue weighted by atomic mass is 27.0. The highest BCUT2D eigenvalue weighted by Gasteiger charge is 2.31. The minimum Gasteiger partial charge on any atom is -0.406 e. The Morgan fingerprint density at radius 1 is 0.857 bits per heavy atom. The summed E-state index contributed by atoms with van der Waals surface area (Å²) in [6, 6.07) is 0. The normalized spacial score (nSPS) is 21.6. The van der Waals surface area contributed by atoms with Gasteiger partial charge in [0.1, 0.15) is 18.3 Å². The van der Waals surface area contributed by atoms with Crippen LogP contribution in [0.1, 0.15) is 0 Å².